The van der Waals surface area contributed by atoms with E-state index >= 15 is 0 Å². The zero-order chi connectivity index (χ0) is 34.2. The number of phenolic OH excluding ortho intramolecular Hbond substituents is 1. The van der Waals surface area contributed by atoms with Crippen LogP contribution in [-0.2, 0) is 24.0 Å². The van der Waals surface area contributed by atoms with E-state index in [0.29, 0.717) is 5.57 Å². The van der Waals surface area contributed by atoms with Crippen LogP contribution < -0.4 is 9.64 Å². The van der Waals surface area contributed by atoms with E-state index in [0.717, 1.165) is 40.1 Å². The third kappa shape index (κ3) is 5.22. The molecule has 248 valence electrons. The smallest absolute Gasteiger partial charge is 0.508 e. The van der Waals surface area contributed by atoms with E-state index in [1.807, 2.05) is 0 Å². The molecule has 0 radical (unpaired) electrons. The maximum Gasteiger partial charge on any atom is 0.573 e. The highest BCUT2D eigenvalue weighted by Gasteiger charge is 2.68. The van der Waals surface area contributed by atoms with Crippen LogP contribution in [0.1, 0.15) is 44.1 Å². The second-order valence-electron chi connectivity index (χ2n) is 12.4. The van der Waals surface area contributed by atoms with E-state index < -0.39 is 88.3 Å². The molecule has 2 heterocycles. The van der Waals surface area contributed by atoms with Crippen LogP contribution in [0.25, 0.3) is 0 Å². The molecule has 0 spiro atoms. The van der Waals surface area contributed by atoms with Crippen molar-refractivity contribution in [1.82, 2.24) is 4.90 Å². The Morgan fingerprint density at radius 1 is 1.06 bits per heavy atom. The number of ether oxygens (including phenoxy) is 1. The van der Waals surface area contributed by atoms with E-state index in [-0.39, 0.29) is 48.5 Å². The van der Waals surface area contributed by atoms with Crippen molar-refractivity contribution in [3.63, 3.8) is 0 Å². The molecule has 6 atom stereocenters. The van der Waals surface area contributed by atoms with Crippen molar-refractivity contribution in [3.05, 3.63) is 64.5 Å². The third-order valence-electron chi connectivity index (χ3n) is 9.84. The summed E-state index contributed by atoms with van der Waals surface area (Å²) in [7, 11) is 0. The van der Waals surface area contributed by atoms with Gasteiger partial charge in [-0.25, -0.2) is 9.29 Å². The van der Waals surface area contributed by atoms with Crippen LogP contribution >= 0.6 is 11.6 Å². The Hall–Kier alpha value is -4.46. The number of rotatable bonds is 7. The van der Waals surface area contributed by atoms with Crippen LogP contribution in [0.2, 0.25) is 5.02 Å². The number of benzene rings is 2. The molecule has 2 N–H and O–H groups in total. The fraction of sp³-hybridized carbons (Fsp3) is 0.406. The fourth-order valence-electron chi connectivity index (χ4n) is 7.86. The van der Waals surface area contributed by atoms with Crippen LogP contribution in [0.5, 0.6) is 11.5 Å². The molecule has 2 aliphatic carbocycles. The Labute approximate surface area is 269 Å². The first-order valence-electron chi connectivity index (χ1n) is 14.7. The highest BCUT2D eigenvalue weighted by Crippen LogP contribution is 2.64. The van der Waals surface area contributed by atoms with Crippen molar-refractivity contribution >= 4 is 46.9 Å². The number of anilines is 1. The van der Waals surface area contributed by atoms with Gasteiger partial charge in [0.05, 0.1) is 33.9 Å². The van der Waals surface area contributed by atoms with Gasteiger partial charge in [-0.2, -0.15) is 0 Å². The van der Waals surface area contributed by atoms with Crippen LogP contribution in [0.4, 0.5) is 23.2 Å². The third-order valence-corrected chi connectivity index (χ3v) is 10.1. The minimum absolute atomic E-state index is 0.0164. The first-order chi connectivity index (χ1) is 22.0. The number of phenols is 1. The lowest BCUT2D eigenvalue weighted by Gasteiger charge is -2.49. The number of carboxylic acid groups (broad SMARTS) is 1. The number of carbonyl (C=O) groups excluding carboxylic acids is 4. The maximum absolute atomic E-state index is 14.4. The lowest BCUT2D eigenvalue weighted by atomic mass is 9.51. The monoisotopic (exact) mass is 678 g/mol. The number of nitrogens with zero attached hydrogens (tertiary/aromatic N) is 2. The Kier molecular flexibility index (Phi) is 7.85. The van der Waals surface area contributed by atoms with E-state index in [9.17, 15) is 46.6 Å². The minimum atomic E-state index is -5.09. The minimum Gasteiger partial charge on any atom is -0.508 e. The molecule has 0 bridgehead atoms. The maximum atomic E-state index is 14.4. The van der Waals surface area contributed by atoms with Gasteiger partial charge in [0.15, 0.2) is 0 Å². The van der Waals surface area contributed by atoms with Gasteiger partial charge in [-0.05, 0) is 68.5 Å². The molecule has 6 unspecified atom stereocenters. The summed E-state index contributed by atoms with van der Waals surface area (Å²) in [5.41, 5.74) is -1.55. The molecule has 2 aromatic carbocycles. The quantitative estimate of drug-likeness (QED) is 0.232. The van der Waals surface area contributed by atoms with Crippen LogP contribution in [0, 0.1) is 34.9 Å². The molecule has 47 heavy (non-hydrogen) atoms. The van der Waals surface area contributed by atoms with Crippen molar-refractivity contribution in [1.29, 1.82) is 0 Å². The van der Waals surface area contributed by atoms with Crippen molar-refractivity contribution in [2.45, 2.75) is 44.9 Å². The van der Waals surface area contributed by atoms with Gasteiger partial charge in [0.2, 0.25) is 23.6 Å². The van der Waals surface area contributed by atoms with E-state index in [4.69, 9.17) is 16.7 Å². The zero-order valence-corrected chi connectivity index (χ0v) is 25.3. The van der Waals surface area contributed by atoms with Crippen molar-refractivity contribution in [3.8, 4) is 11.5 Å². The summed E-state index contributed by atoms with van der Waals surface area (Å²) in [4.78, 5) is 68.6. The molecule has 6 rings (SSSR count). The van der Waals surface area contributed by atoms with Crippen molar-refractivity contribution in [2.75, 3.05) is 11.4 Å². The first-order valence-corrected chi connectivity index (χ1v) is 15.1. The number of alkyl halides is 3. The second-order valence-corrected chi connectivity index (χ2v) is 12.8. The molecule has 3 fully saturated rings. The Balaban J connectivity index is 1.48. The first kappa shape index (κ1) is 32.5. The normalized spacial score (nSPS) is 28.6. The van der Waals surface area contributed by atoms with Gasteiger partial charge < -0.3 is 14.9 Å². The summed E-state index contributed by atoms with van der Waals surface area (Å²) in [6, 6.07) is 6.03. The summed E-state index contributed by atoms with van der Waals surface area (Å²) >= 11 is 5.97. The number of fused-ring (bicyclic) bond motifs is 4. The number of amides is 4. The molecule has 10 nitrogen and oxygen atoms in total. The Morgan fingerprint density at radius 3 is 2.45 bits per heavy atom. The van der Waals surface area contributed by atoms with E-state index in [1.54, 1.807) is 6.08 Å². The van der Waals surface area contributed by atoms with E-state index in [2.05, 4.69) is 4.74 Å². The second kappa shape index (κ2) is 11.4. The van der Waals surface area contributed by atoms with Crippen LogP contribution in [0.15, 0.2) is 48.0 Å². The number of allylic oxidation sites excluding steroid dienone is 2. The SMILES string of the molecule is CC12C(=O)N(c3ccc(F)c(Cl)c3)C(=O)C1CC1C(=CCC3C(=O)N(CCCC(=O)O)C(=O)C31)C2c1cc(OC(F)(F)F)ccc1O. The topological polar surface area (TPSA) is 142 Å². The number of hydrogen-bond donors (Lipinski definition) is 2. The molecule has 2 aromatic rings. The standard InChI is InChI=1S/C32H27ClF4N2O8/c1-31-20(28(44)39(30(31)46)14-4-8-22(34)21(33)11-14)13-18-16(26(31)19-12-15(5-9-23(19)40)47-32(35,36)37)6-7-17-25(18)29(45)38(27(17)43)10-2-3-24(41)42/h4-6,8-9,11-12,17-18,20,25-26,40H,2-3,7,10,13H2,1H3,(H,41,42). The largest absolute Gasteiger partial charge is 0.573 e. The van der Waals surface area contributed by atoms with Gasteiger partial charge in [-0.3, -0.25) is 28.9 Å². The summed E-state index contributed by atoms with van der Waals surface area (Å²) < 4.78 is 57.9. The molecule has 4 aliphatic rings. The van der Waals surface area contributed by atoms with Gasteiger partial charge in [0, 0.05) is 24.4 Å². The number of carboxylic acids is 1. The molecular formula is C32H27ClF4N2O8. The molecule has 2 saturated heterocycles. The summed E-state index contributed by atoms with van der Waals surface area (Å²) in [6.45, 7) is 1.31. The average Bonchev–Trinajstić information content (AvgIpc) is 3.34. The Morgan fingerprint density at radius 2 is 1.79 bits per heavy atom. The molecule has 0 aromatic heterocycles. The van der Waals surface area contributed by atoms with Gasteiger partial charge in [0.25, 0.3) is 0 Å². The van der Waals surface area contributed by atoms with Crippen LogP contribution in [-0.4, -0.2) is 57.6 Å². The number of carbonyl (C=O) groups is 5. The highest BCUT2D eigenvalue weighted by molar-refractivity contribution is 6.31. The highest BCUT2D eigenvalue weighted by atomic mass is 35.5. The summed E-state index contributed by atoms with van der Waals surface area (Å²) in [5, 5.41) is 19.7. The fourth-order valence-corrected chi connectivity index (χ4v) is 8.04. The number of aromatic hydroxyl groups is 1. The lowest BCUT2D eigenvalue weighted by molar-refractivity contribution is -0.274. The molecular weight excluding hydrogens is 652 g/mol. The predicted molar refractivity (Wildman–Crippen MR) is 154 cm³/mol. The van der Waals surface area contributed by atoms with E-state index in [1.165, 1.54) is 13.0 Å². The average molecular weight is 679 g/mol. The van der Waals surface area contributed by atoms with Gasteiger partial charge in [0.1, 0.15) is 17.3 Å². The Bertz CT molecular complexity index is 1760. The van der Waals surface area contributed by atoms with Gasteiger partial charge in [-0.1, -0.05) is 23.3 Å². The predicted octanol–water partition coefficient (Wildman–Crippen LogP) is 5.18. The number of hydrogen-bond acceptors (Lipinski definition) is 7. The molecule has 4 amide bonds. The number of aliphatic carboxylic acids is 1. The molecule has 1 saturated carbocycles. The summed E-state index contributed by atoms with van der Waals surface area (Å²) in [5.74, 6) is -10.9. The number of likely N-dealkylation sites (tertiary alicyclic amines) is 1. The lowest BCUT2D eigenvalue weighted by Crippen LogP contribution is -2.49. The number of halogens is 5. The van der Waals surface area contributed by atoms with Crippen LogP contribution in [0.3, 0.4) is 0 Å². The van der Waals surface area contributed by atoms with Gasteiger partial charge in [-0.15, -0.1) is 13.2 Å². The molecule has 15 heteroatoms. The van der Waals surface area contributed by atoms with Gasteiger partial charge >= 0.3 is 12.3 Å². The molecule has 2 aliphatic heterocycles. The zero-order valence-electron chi connectivity index (χ0n) is 24.6. The number of imide groups is 2. The van der Waals surface area contributed by atoms with Crippen molar-refractivity contribution in [2.24, 2.45) is 29.1 Å². The summed E-state index contributed by atoms with van der Waals surface area (Å²) in [6.07, 6.45) is -3.80. The van der Waals surface area contributed by atoms with Crippen molar-refractivity contribution < 1.29 is 56.5 Å².